The number of esters is 1. The maximum absolute atomic E-state index is 13.7. The molecule has 1 N–H and O–H groups in total. The fourth-order valence-corrected chi connectivity index (χ4v) is 6.01. The molecule has 2 heterocycles. The number of phenolic OH excluding ortho intramolecular Hbond substituents is 1. The third-order valence-corrected chi connectivity index (χ3v) is 8.02. The van der Waals surface area contributed by atoms with Crippen molar-refractivity contribution < 1.29 is 28.3 Å². The Hall–Kier alpha value is -3.01. The first-order valence-electron chi connectivity index (χ1n) is 13.2. The van der Waals surface area contributed by atoms with Gasteiger partial charge in [0.25, 0.3) is 0 Å². The lowest BCUT2D eigenvalue weighted by Gasteiger charge is -2.27. The number of aromatic hydroxyl groups is 1. The smallest absolute Gasteiger partial charge is 0.341 e. The maximum Gasteiger partial charge on any atom is 0.341 e. The van der Waals surface area contributed by atoms with E-state index in [9.17, 15) is 14.1 Å². The van der Waals surface area contributed by atoms with Crippen molar-refractivity contribution in [1.29, 1.82) is 0 Å². The van der Waals surface area contributed by atoms with E-state index in [0.29, 0.717) is 61.9 Å². The molecule has 2 aliphatic rings. The van der Waals surface area contributed by atoms with Gasteiger partial charge in [-0.3, -0.25) is 4.90 Å². The monoisotopic (exact) mass is 574 g/mol. The minimum atomic E-state index is -0.496. The van der Waals surface area contributed by atoms with E-state index in [2.05, 4.69) is 9.47 Å². The molecule has 2 aromatic carbocycles. The van der Waals surface area contributed by atoms with Crippen LogP contribution in [0.4, 0.5) is 0 Å². The molecule has 0 spiro atoms. The third kappa shape index (κ3) is 5.53. The number of nitrogens with zero attached hydrogens (tertiary/aromatic N) is 2. The molecule has 1 aliphatic heterocycles. The molecule has 0 atom stereocenters. The van der Waals surface area contributed by atoms with Gasteiger partial charge in [-0.25, -0.2) is 9.00 Å². The van der Waals surface area contributed by atoms with Crippen molar-refractivity contribution in [3.63, 3.8) is 0 Å². The third-order valence-electron chi connectivity index (χ3n) is 7.42. The average Bonchev–Trinajstić information content (AvgIpc) is 3.72. The van der Waals surface area contributed by atoms with Gasteiger partial charge in [0.05, 0.1) is 53.7 Å². The van der Waals surface area contributed by atoms with Crippen molar-refractivity contribution in [2.75, 3.05) is 33.9 Å². The molecule has 1 aliphatic carbocycles. The minimum Gasteiger partial charge on any atom is -0.508 e. The van der Waals surface area contributed by atoms with Gasteiger partial charge in [0.1, 0.15) is 5.75 Å². The van der Waals surface area contributed by atoms with E-state index in [-0.39, 0.29) is 30.8 Å². The van der Waals surface area contributed by atoms with Crippen molar-refractivity contribution in [3.8, 4) is 17.2 Å². The van der Waals surface area contributed by atoms with Crippen molar-refractivity contribution in [2.24, 2.45) is 0 Å². The summed E-state index contributed by atoms with van der Waals surface area (Å²) in [6.07, 6.45) is 5.32. The van der Waals surface area contributed by atoms with E-state index < -0.39 is 5.97 Å². The lowest BCUT2D eigenvalue weighted by Crippen LogP contribution is -2.29. The summed E-state index contributed by atoms with van der Waals surface area (Å²) in [5, 5.41) is 11.7. The SMILES string of the molecule is CCOC(=O)c1c(C(=S=O)c2ccc(OC)c(OC)c2)n(C2CC2)c2ccc(O)c(CN3CCCCC3)c12.Cl. The highest BCUT2D eigenvalue weighted by Gasteiger charge is 2.36. The first-order valence-corrected chi connectivity index (χ1v) is 13.9. The van der Waals surface area contributed by atoms with Crippen LogP contribution in [0.5, 0.6) is 17.2 Å². The van der Waals surface area contributed by atoms with Crippen LogP contribution in [0.3, 0.4) is 0 Å². The Morgan fingerprint density at radius 1 is 1.05 bits per heavy atom. The molecule has 39 heavy (non-hydrogen) atoms. The van der Waals surface area contributed by atoms with Gasteiger partial charge in [0.2, 0.25) is 0 Å². The minimum absolute atomic E-state index is 0. The van der Waals surface area contributed by atoms with E-state index in [1.54, 1.807) is 45.4 Å². The molecule has 3 aromatic rings. The van der Waals surface area contributed by atoms with Crippen LogP contribution in [-0.2, 0) is 22.5 Å². The predicted molar refractivity (Wildman–Crippen MR) is 155 cm³/mol. The maximum atomic E-state index is 13.7. The number of aromatic nitrogens is 1. The first kappa shape index (κ1) is 29.0. The largest absolute Gasteiger partial charge is 0.508 e. The molecule has 1 saturated heterocycles. The number of rotatable bonds is 9. The van der Waals surface area contributed by atoms with Gasteiger partial charge in [-0.1, -0.05) is 6.42 Å². The summed E-state index contributed by atoms with van der Waals surface area (Å²) in [6, 6.07) is 9.04. The average molecular weight is 575 g/mol. The highest BCUT2D eigenvalue weighted by molar-refractivity contribution is 7.67. The standard InChI is InChI=1S/C29H34N2O6S.ClH/c1-4-37-29(33)26-25-20(17-30-14-6-5-7-15-30)22(32)12-11-21(25)31(19-9-10-19)27(26)28(38-34)18-8-13-23(35-2)24(16-18)36-3;/h8,11-13,16,19,32H,4-7,9-10,14-15,17H2,1-3H3;1H. The van der Waals surface area contributed by atoms with Crippen molar-refractivity contribution in [2.45, 2.75) is 51.6 Å². The summed E-state index contributed by atoms with van der Waals surface area (Å²) in [7, 11) is 3.11. The molecular weight excluding hydrogens is 540 g/mol. The number of piperidine rings is 1. The van der Waals surface area contributed by atoms with Crippen LogP contribution in [-0.4, -0.2) is 63.5 Å². The van der Waals surface area contributed by atoms with Gasteiger partial charge in [0, 0.05) is 29.1 Å². The van der Waals surface area contributed by atoms with Crippen molar-refractivity contribution >= 4 is 45.4 Å². The number of carbonyl (C=O) groups is 1. The summed E-state index contributed by atoms with van der Waals surface area (Å²) in [6.45, 7) is 4.39. The molecule has 0 bridgehead atoms. The number of halogens is 1. The Bertz CT molecular complexity index is 1420. The summed E-state index contributed by atoms with van der Waals surface area (Å²) in [4.78, 5) is 16.4. The molecule has 1 aromatic heterocycles. The van der Waals surface area contributed by atoms with Crippen LogP contribution < -0.4 is 9.47 Å². The van der Waals surface area contributed by atoms with E-state index in [4.69, 9.17) is 14.2 Å². The van der Waals surface area contributed by atoms with Gasteiger partial charge >= 0.3 is 5.97 Å². The molecule has 0 amide bonds. The van der Waals surface area contributed by atoms with Crippen LogP contribution in [0.2, 0.25) is 0 Å². The summed E-state index contributed by atoms with van der Waals surface area (Å²) >= 11 is 0.347. The summed E-state index contributed by atoms with van der Waals surface area (Å²) < 4.78 is 31.4. The zero-order chi connectivity index (χ0) is 26.8. The van der Waals surface area contributed by atoms with E-state index in [0.717, 1.165) is 44.3 Å². The van der Waals surface area contributed by atoms with Crippen LogP contribution in [0.1, 0.15) is 72.2 Å². The van der Waals surface area contributed by atoms with Crippen molar-refractivity contribution in [1.82, 2.24) is 9.47 Å². The van der Waals surface area contributed by atoms with Crippen LogP contribution in [0.15, 0.2) is 30.3 Å². The summed E-state index contributed by atoms with van der Waals surface area (Å²) in [5.74, 6) is 0.695. The Balaban J connectivity index is 0.00000353. The van der Waals surface area contributed by atoms with Crippen molar-refractivity contribution in [3.05, 3.63) is 52.7 Å². The van der Waals surface area contributed by atoms with Gasteiger partial charge in [-0.15, -0.1) is 12.4 Å². The number of fused-ring (bicyclic) bond motifs is 1. The molecule has 0 radical (unpaired) electrons. The normalized spacial score (nSPS) is 15.5. The zero-order valence-electron chi connectivity index (χ0n) is 22.5. The number of ether oxygens (including phenoxy) is 3. The highest BCUT2D eigenvalue weighted by Crippen LogP contribution is 2.45. The topological polar surface area (TPSA) is 90.2 Å². The molecule has 1 saturated carbocycles. The van der Waals surface area contributed by atoms with E-state index in [1.807, 2.05) is 6.07 Å². The Morgan fingerprint density at radius 2 is 1.77 bits per heavy atom. The molecule has 0 unspecified atom stereocenters. The second-order valence-corrected chi connectivity index (χ2v) is 10.4. The summed E-state index contributed by atoms with van der Waals surface area (Å²) in [5.41, 5.74) is 3.04. The lowest BCUT2D eigenvalue weighted by atomic mass is 9.99. The van der Waals surface area contributed by atoms with Crippen LogP contribution in [0.25, 0.3) is 10.9 Å². The number of hydrogen-bond acceptors (Lipinski definition) is 7. The highest BCUT2D eigenvalue weighted by atomic mass is 35.5. The number of benzene rings is 2. The second kappa shape index (κ2) is 12.4. The Morgan fingerprint density at radius 3 is 2.38 bits per heavy atom. The molecular formula is C29H35ClN2O6S. The Labute approximate surface area is 238 Å². The lowest BCUT2D eigenvalue weighted by molar-refractivity contribution is 0.0528. The second-order valence-electron chi connectivity index (χ2n) is 9.82. The predicted octanol–water partition coefficient (Wildman–Crippen LogP) is 5.07. The first-order chi connectivity index (χ1) is 18.5. The van der Waals surface area contributed by atoms with Gasteiger partial charge < -0.3 is 23.9 Å². The number of phenols is 1. The van der Waals surface area contributed by atoms with Gasteiger partial charge in [-0.05, 0) is 76.0 Å². The van der Waals surface area contributed by atoms with E-state index >= 15 is 0 Å². The molecule has 210 valence electrons. The quantitative estimate of drug-likeness (QED) is 0.217. The van der Waals surface area contributed by atoms with Crippen LogP contribution >= 0.6 is 12.4 Å². The molecule has 10 heteroatoms. The van der Waals surface area contributed by atoms with E-state index in [1.165, 1.54) is 6.42 Å². The molecule has 2 fully saturated rings. The zero-order valence-corrected chi connectivity index (χ0v) is 24.2. The van der Waals surface area contributed by atoms with Gasteiger partial charge in [-0.2, -0.15) is 0 Å². The Kier molecular flexibility index (Phi) is 9.25. The number of likely N-dealkylation sites (tertiary alicyclic amines) is 1. The number of hydrogen-bond donors (Lipinski definition) is 1. The van der Waals surface area contributed by atoms with Crippen LogP contribution in [0, 0.1) is 0 Å². The molecule has 5 rings (SSSR count). The van der Waals surface area contributed by atoms with Gasteiger partial charge in [0.15, 0.2) is 11.5 Å². The fourth-order valence-electron chi connectivity index (χ4n) is 5.50. The fraction of sp³-hybridized carbons (Fsp3) is 0.448. The molecule has 8 nitrogen and oxygen atoms in total. The number of methoxy groups -OCH3 is 2. The number of carbonyl (C=O) groups excluding carboxylic acids is 1.